The number of hydrogen-bond donors (Lipinski definition) is 1. The van der Waals surface area contributed by atoms with E-state index in [9.17, 15) is 8.42 Å². The molecular weight excluding hydrogens is 238 g/mol. The summed E-state index contributed by atoms with van der Waals surface area (Å²) in [6, 6.07) is 7.13. The molecule has 96 valence electrons. The molecule has 0 aliphatic heterocycles. The van der Waals surface area contributed by atoms with Crippen LogP contribution in [0.15, 0.2) is 24.3 Å². The maximum atomic E-state index is 10.9. The van der Waals surface area contributed by atoms with Gasteiger partial charge in [0, 0.05) is 11.5 Å². The monoisotopic (exact) mass is 258 g/mol. The molecule has 0 radical (unpaired) electrons. The summed E-state index contributed by atoms with van der Waals surface area (Å²) in [6.45, 7) is 6.35. The van der Waals surface area contributed by atoms with Crippen molar-refractivity contribution < 1.29 is 17.9 Å². The molecular formula is C12H20NO3S+. The Bertz CT molecular complexity index is 437. The Morgan fingerprint density at radius 2 is 1.82 bits per heavy atom. The van der Waals surface area contributed by atoms with Crippen LogP contribution in [-0.4, -0.2) is 21.2 Å². The van der Waals surface area contributed by atoms with Gasteiger partial charge in [-0.2, -0.15) is 8.42 Å². The van der Waals surface area contributed by atoms with Crippen LogP contribution in [0.3, 0.4) is 0 Å². The van der Waals surface area contributed by atoms with E-state index < -0.39 is 10.1 Å². The second-order valence-corrected chi connectivity index (χ2v) is 6.13. The molecule has 0 saturated carbocycles. The molecule has 0 atom stereocenters. The highest BCUT2D eigenvalue weighted by atomic mass is 32.2. The summed E-state index contributed by atoms with van der Waals surface area (Å²) < 4.78 is 26.6. The molecule has 0 saturated heterocycles. The average Bonchev–Trinajstić information content (AvgIpc) is 2.18. The molecule has 0 aliphatic carbocycles. The van der Waals surface area contributed by atoms with Crippen molar-refractivity contribution in [3.8, 4) is 5.75 Å². The molecule has 0 aromatic heterocycles. The Labute approximate surface area is 103 Å². The van der Waals surface area contributed by atoms with Crippen molar-refractivity contribution in [2.75, 3.05) is 12.8 Å². The molecule has 0 aliphatic rings. The number of rotatable bonds is 6. The van der Waals surface area contributed by atoms with E-state index in [2.05, 4.69) is 19.2 Å². The molecule has 1 aromatic rings. The lowest BCUT2D eigenvalue weighted by Gasteiger charge is -2.06. The molecule has 0 spiro atoms. The van der Waals surface area contributed by atoms with Gasteiger partial charge in [0.1, 0.15) is 12.3 Å². The summed E-state index contributed by atoms with van der Waals surface area (Å²) in [5, 5.41) is 2.23. The molecule has 0 bridgehead atoms. The molecule has 0 heterocycles. The van der Waals surface area contributed by atoms with E-state index in [0.29, 0.717) is 11.7 Å². The highest BCUT2D eigenvalue weighted by molar-refractivity contribution is 7.86. The van der Waals surface area contributed by atoms with Crippen molar-refractivity contribution in [3.63, 3.8) is 0 Å². The minimum atomic E-state index is -3.43. The van der Waals surface area contributed by atoms with Crippen LogP contribution in [0.1, 0.15) is 19.4 Å². The van der Waals surface area contributed by atoms with Crippen LogP contribution in [0.4, 0.5) is 0 Å². The van der Waals surface area contributed by atoms with Crippen molar-refractivity contribution in [1.82, 2.24) is 0 Å². The third-order valence-corrected chi connectivity index (χ3v) is 2.68. The van der Waals surface area contributed by atoms with Gasteiger partial charge in [0.25, 0.3) is 0 Å². The molecule has 2 N–H and O–H groups in total. The Morgan fingerprint density at radius 1 is 1.24 bits per heavy atom. The topological polar surface area (TPSA) is 60.0 Å². The molecule has 4 nitrogen and oxygen atoms in total. The van der Waals surface area contributed by atoms with Crippen molar-refractivity contribution in [2.24, 2.45) is 5.92 Å². The fraction of sp³-hybridized carbons (Fsp3) is 0.500. The van der Waals surface area contributed by atoms with Crippen molar-refractivity contribution in [1.29, 1.82) is 0 Å². The van der Waals surface area contributed by atoms with Crippen LogP contribution in [0.5, 0.6) is 5.75 Å². The van der Waals surface area contributed by atoms with Crippen LogP contribution in [-0.2, 0) is 16.7 Å². The van der Waals surface area contributed by atoms with E-state index in [0.717, 1.165) is 24.9 Å². The zero-order chi connectivity index (χ0) is 12.9. The second-order valence-electron chi connectivity index (χ2n) is 4.55. The number of quaternary nitrogens is 1. The third kappa shape index (κ3) is 6.28. The molecule has 0 fully saturated rings. The zero-order valence-corrected chi connectivity index (χ0v) is 11.3. The Balaban J connectivity index is 2.50. The van der Waals surface area contributed by atoms with Gasteiger partial charge in [0.15, 0.2) is 0 Å². The van der Waals surface area contributed by atoms with Gasteiger partial charge in [-0.25, -0.2) is 0 Å². The van der Waals surface area contributed by atoms with Gasteiger partial charge in [-0.1, -0.05) is 13.8 Å². The maximum absolute atomic E-state index is 10.9. The first-order chi connectivity index (χ1) is 7.87. The van der Waals surface area contributed by atoms with Gasteiger partial charge in [0.2, 0.25) is 0 Å². The summed E-state index contributed by atoms with van der Waals surface area (Å²) in [5.41, 5.74) is 1.16. The van der Waals surface area contributed by atoms with Gasteiger partial charge in [0.05, 0.1) is 12.8 Å². The summed E-state index contributed by atoms with van der Waals surface area (Å²) in [4.78, 5) is 0. The summed E-state index contributed by atoms with van der Waals surface area (Å²) in [5.74, 6) is 1.03. The average molecular weight is 258 g/mol. The molecule has 5 heteroatoms. The van der Waals surface area contributed by atoms with Gasteiger partial charge in [-0.3, -0.25) is 0 Å². The molecule has 0 amide bonds. The predicted molar refractivity (Wildman–Crippen MR) is 67.2 cm³/mol. The highest BCUT2D eigenvalue weighted by Gasteiger charge is 2.04. The van der Waals surface area contributed by atoms with Crippen molar-refractivity contribution in [2.45, 2.75) is 20.4 Å². The first kappa shape index (κ1) is 14.0. The van der Waals surface area contributed by atoms with Crippen LogP contribution >= 0.6 is 0 Å². The number of nitrogens with two attached hydrogens (primary N) is 1. The fourth-order valence-corrected chi connectivity index (χ4v) is 1.90. The Morgan fingerprint density at radius 3 is 2.29 bits per heavy atom. The van der Waals surface area contributed by atoms with Crippen LogP contribution in [0.25, 0.3) is 0 Å². The van der Waals surface area contributed by atoms with Gasteiger partial charge < -0.3 is 9.50 Å². The van der Waals surface area contributed by atoms with Crippen molar-refractivity contribution >= 4 is 10.1 Å². The number of hydrogen-bond acceptors (Lipinski definition) is 3. The predicted octanol–water partition coefficient (Wildman–Crippen LogP) is 0.744. The lowest BCUT2D eigenvalue weighted by Crippen LogP contribution is -2.83. The maximum Gasteiger partial charge on any atom is 0.306 e. The lowest BCUT2D eigenvalue weighted by molar-refractivity contribution is -0.675. The number of benzene rings is 1. The summed E-state index contributed by atoms with van der Waals surface area (Å²) >= 11 is 0. The minimum absolute atomic E-state index is 0.361. The van der Waals surface area contributed by atoms with Crippen LogP contribution < -0.4 is 9.50 Å². The normalized spacial score (nSPS) is 11.8. The highest BCUT2D eigenvalue weighted by Crippen LogP contribution is 2.13. The second kappa shape index (κ2) is 6.02. The standard InChI is InChI=1S/C12H19NO3S/c1-10(2)8-13-9-11-4-6-12(7-5-11)16-17(3,14)15/h4-7,10,13H,8-9H2,1-3H3/p+1. The largest absolute Gasteiger partial charge is 0.383 e. The van der Waals surface area contributed by atoms with E-state index in [1.807, 2.05) is 12.1 Å². The van der Waals surface area contributed by atoms with Crippen LogP contribution in [0, 0.1) is 5.92 Å². The first-order valence-electron chi connectivity index (χ1n) is 5.67. The summed E-state index contributed by atoms with van der Waals surface area (Å²) in [7, 11) is -3.43. The molecule has 1 rings (SSSR count). The summed E-state index contributed by atoms with van der Waals surface area (Å²) in [6.07, 6.45) is 1.04. The fourth-order valence-electron chi connectivity index (χ4n) is 1.44. The SMILES string of the molecule is CC(C)C[NH2+]Cc1ccc(OS(C)(=O)=O)cc1. The Kier molecular flexibility index (Phi) is 4.96. The molecule has 0 unspecified atom stereocenters. The Hall–Kier alpha value is -1.07. The quantitative estimate of drug-likeness (QED) is 0.766. The van der Waals surface area contributed by atoms with E-state index in [1.165, 1.54) is 0 Å². The van der Waals surface area contributed by atoms with E-state index in [1.54, 1.807) is 12.1 Å². The van der Waals surface area contributed by atoms with Crippen LogP contribution in [0.2, 0.25) is 0 Å². The lowest BCUT2D eigenvalue weighted by atomic mass is 10.2. The third-order valence-electron chi connectivity index (χ3n) is 2.19. The van der Waals surface area contributed by atoms with Gasteiger partial charge >= 0.3 is 10.1 Å². The van der Waals surface area contributed by atoms with E-state index in [-0.39, 0.29) is 0 Å². The van der Waals surface area contributed by atoms with Gasteiger partial charge in [-0.15, -0.1) is 0 Å². The molecule has 1 aromatic carbocycles. The minimum Gasteiger partial charge on any atom is -0.383 e. The van der Waals surface area contributed by atoms with Crippen molar-refractivity contribution in [3.05, 3.63) is 29.8 Å². The first-order valence-corrected chi connectivity index (χ1v) is 7.48. The molecule has 17 heavy (non-hydrogen) atoms. The smallest absolute Gasteiger partial charge is 0.306 e. The van der Waals surface area contributed by atoms with E-state index in [4.69, 9.17) is 4.18 Å². The van der Waals surface area contributed by atoms with Gasteiger partial charge in [-0.05, 0) is 24.3 Å². The van der Waals surface area contributed by atoms with E-state index >= 15 is 0 Å². The zero-order valence-electron chi connectivity index (χ0n) is 10.5.